The second-order valence-electron chi connectivity index (χ2n) is 10.8. The molecule has 2 rings (SSSR count). The maximum atomic E-state index is 13.2. The molecule has 1 saturated heterocycles. The lowest BCUT2D eigenvalue weighted by Crippen LogP contribution is -2.57. The Balaban J connectivity index is 2.44. The lowest BCUT2D eigenvalue weighted by Gasteiger charge is -2.32. The summed E-state index contributed by atoms with van der Waals surface area (Å²) in [6.45, 7) is 8.94. The van der Waals surface area contributed by atoms with E-state index in [1.807, 2.05) is 13.8 Å². The molecule has 7 atom stereocenters. The lowest BCUT2D eigenvalue weighted by atomic mass is 9.98. The number of nitrogens with two attached hydrogens (primary N) is 1. The molecule has 1 aliphatic heterocycles. The van der Waals surface area contributed by atoms with Crippen molar-refractivity contribution in [3.8, 4) is 0 Å². The third-order valence-electron chi connectivity index (χ3n) is 6.53. The lowest BCUT2D eigenvalue weighted by molar-refractivity contribution is -0.176. The van der Waals surface area contributed by atoms with Crippen molar-refractivity contribution in [1.29, 1.82) is 0 Å². The van der Waals surface area contributed by atoms with Crippen LogP contribution in [0.25, 0.3) is 0 Å². The molecule has 5 N–H and O–H groups in total. The summed E-state index contributed by atoms with van der Waals surface area (Å²) in [4.78, 5) is 88.5. The van der Waals surface area contributed by atoms with Gasteiger partial charge in [0.25, 0.3) is 5.56 Å². The van der Waals surface area contributed by atoms with Gasteiger partial charge in [-0.15, -0.1) is 0 Å². The van der Waals surface area contributed by atoms with E-state index in [4.69, 9.17) is 29.4 Å². The molecule has 1 aliphatic rings. The van der Waals surface area contributed by atoms with Crippen LogP contribution in [0.5, 0.6) is 0 Å². The molecule has 0 aliphatic carbocycles. The fourth-order valence-corrected chi connectivity index (χ4v) is 4.81. The number of carbonyl (C=O) groups excluding carboxylic acids is 5. The number of hydrogen-bond donors (Lipinski definition) is 4. The van der Waals surface area contributed by atoms with Gasteiger partial charge in [-0.3, -0.25) is 38.3 Å². The molecular formula is C28H43N5O12. The van der Waals surface area contributed by atoms with Gasteiger partial charge < -0.3 is 40.1 Å². The smallest absolute Gasteiger partial charge is 0.330 e. The standard InChI is InChI=1S/C28H43N5O12/c1-7-41-27(39)20(30-10-8-11-31-25(38)18(29)13-14(2)3)21(42-15(4)34)22-23(43-16(5)35)24(44-17(6)36)26(45-22)33-12-9-19(37)32-28(33)40/h9,12,14,18,20-24,26,30H,7-8,10-11,13,29H2,1-6H3,(H,31,38)(H,32,37,40)/t18-,20?,21+,22+,23+,24+,26-/m0/s1. The van der Waals surface area contributed by atoms with Crippen molar-refractivity contribution in [2.24, 2.45) is 11.7 Å². The Kier molecular flexibility index (Phi) is 14.4. The highest BCUT2D eigenvalue weighted by molar-refractivity contribution is 5.81. The Morgan fingerprint density at radius 3 is 2.22 bits per heavy atom. The van der Waals surface area contributed by atoms with E-state index in [1.165, 1.54) is 0 Å². The first-order valence-electron chi connectivity index (χ1n) is 14.6. The minimum absolute atomic E-state index is 0.0437. The maximum absolute atomic E-state index is 13.2. The number of aromatic amines is 1. The van der Waals surface area contributed by atoms with Crippen LogP contribution in [-0.2, 0) is 47.7 Å². The van der Waals surface area contributed by atoms with Crippen LogP contribution in [0.1, 0.15) is 60.6 Å². The molecule has 1 aromatic heterocycles. The molecule has 0 spiro atoms. The van der Waals surface area contributed by atoms with Crippen molar-refractivity contribution in [2.45, 2.75) is 97.1 Å². The van der Waals surface area contributed by atoms with E-state index in [9.17, 15) is 33.6 Å². The van der Waals surface area contributed by atoms with Crippen LogP contribution in [0.2, 0.25) is 0 Å². The number of esters is 4. The van der Waals surface area contributed by atoms with Gasteiger partial charge in [-0.25, -0.2) is 4.79 Å². The van der Waals surface area contributed by atoms with E-state index in [0.717, 1.165) is 37.6 Å². The molecule has 17 nitrogen and oxygen atoms in total. The average Bonchev–Trinajstić information content (AvgIpc) is 3.25. The molecule has 45 heavy (non-hydrogen) atoms. The zero-order valence-corrected chi connectivity index (χ0v) is 26.2. The summed E-state index contributed by atoms with van der Waals surface area (Å²) in [7, 11) is 0. The van der Waals surface area contributed by atoms with Crippen molar-refractivity contribution < 1.29 is 47.7 Å². The summed E-state index contributed by atoms with van der Waals surface area (Å²) in [5.74, 6) is -3.47. The first kappa shape index (κ1) is 37.1. The SMILES string of the molecule is CCOC(=O)C(NCCCNC(=O)[C@@H](N)CC(C)C)[C@@H](OC(C)=O)[C@H]1O[C@H](n2ccc(=O)[nH]c2=O)[C@H](OC(C)=O)[C@@H]1OC(C)=O. The fourth-order valence-electron chi connectivity index (χ4n) is 4.81. The van der Waals surface area contributed by atoms with E-state index in [1.54, 1.807) is 6.92 Å². The number of carbonyl (C=O) groups is 5. The van der Waals surface area contributed by atoms with Crippen LogP contribution >= 0.6 is 0 Å². The highest BCUT2D eigenvalue weighted by Gasteiger charge is 2.56. The van der Waals surface area contributed by atoms with Gasteiger partial charge in [0.2, 0.25) is 5.91 Å². The third kappa shape index (κ3) is 11.1. The monoisotopic (exact) mass is 641 g/mol. The van der Waals surface area contributed by atoms with Crippen LogP contribution in [0.4, 0.5) is 0 Å². The fraction of sp³-hybridized carbons (Fsp3) is 0.679. The summed E-state index contributed by atoms with van der Waals surface area (Å²) in [6, 6.07) is -1.07. The molecule has 0 radical (unpaired) electrons. The largest absolute Gasteiger partial charge is 0.465 e. The molecule has 0 saturated carbocycles. The molecule has 252 valence electrons. The number of rotatable bonds is 16. The van der Waals surface area contributed by atoms with Crippen molar-refractivity contribution in [2.75, 3.05) is 19.7 Å². The predicted molar refractivity (Wildman–Crippen MR) is 155 cm³/mol. The molecule has 1 amide bonds. The van der Waals surface area contributed by atoms with Gasteiger partial charge >= 0.3 is 29.6 Å². The molecule has 2 heterocycles. The third-order valence-corrected chi connectivity index (χ3v) is 6.53. The summed E-state index contributed by atoms with van der Waals surface area (Å²) in [6.07, 6.45) is -5.62. The van der Waals surface area contributed by atoms with Gasteiger partial charge in [0.1, 0.15) is 12.1 Å². The van der Waals surface area contributed by atoms with Crippen LogP contribution in [0.15, 0.2) is 21.9 Å². The molecule has 1 unspecified atom stereocenters. The minimum atomic E-state index is -1.55. The van der Waals surface area contributed by atoms with Crippen molar-refractivity contribution in [1.82, 2.24) is 20.2 Å². The number of nitrogens with one attached hydrogen (secondary N) is 3. The summed E-state index contributed by atoms with van der Waals surface area (Å²) >= 11 is 0. The highest BCUT2D eigenvalue weighted by Crippen LogP contribution is 2.36. The number of aromatic nitrogens is 2. The van der Waals surface area contributed by atoms with Gasteiger partial charge in [0, 0.05) is 39.6 Å². The Hall–Kier alpha value is -4.09. The number of nitrogens with zero attached hydrogens (tertiary/aromatic N) is 1. The topological polar surface area (TPSA) is 236 Å². The summed E-state index contributed by atoms with van der Waals surface area (Å²) in [5, 5.41) is 5.67. The van der Waals surface area contributed by atoms with Crippen molar-refractivity contribution in [3.63, 3.8) is 0 Å². The van der Waals surface area contributed by atoms with Gasteiger partial charge in [-0.1, -0.05) is 13.8 Å². The number of hydrogen-bond acceptors (Lipinski definition) is 14. The normalized spacial score (nSPS) is 21.3. The van der Waals surface area contributed by atoms with E-state index < -0.39 is 77.9 Å². The van der Waals surface area contributed by atoms with Crippen LogP contribution in [0.3, 0.4) is 0 Å². The molecular weight excluding hydrogens is 598 g/mol. The highest BCUT2D eigenvalue weighted by atomic mass is 16.7. The van der Waals surface area contributed by atoms with Crippen molar-refractivity contribution in [3.05, 3.63) is 33.1 Å². The summed E-state index contributed by atoms with van der Waals surface area (Å²) in [5.41, 5.74) is 4.26. The Morgan fingerprint density at radius 1 is 1.02 bits per heavy atom. The zero-order valence-electron chi connectivity index (χ0n) is 26.2. The Bertz CT molecular complexity index is 1310. The first-order chi connectivity index (χ1) is 21.2. The number of amides is 1. The predicted octanol–water partition coefficient (Wildman–Crippen LogP) is -1.37. The number of H-pyrrole nitrogens is 1. The maximum Gasteiger partial charge on any atom is 0.330 e. The second kappa shape index (κ2) is 17.4. The number of ether oxygens (including phenoxy) is 5. The van der Waals surface area contributed by atoms with Crippen LogP contribution in [0, 0.1) is 5.92 Å². The average molecular weight is 642 g/mol. The Labute approximate surface area is 259 Å². The molecule has 0 bridgehead atoms. The van der Waals surface area contributed by atoms with E-state index in [-0.39, 0.29) is 31.5 Å². The van der Waals surface area contributed by atoms with E-state index in [0.29, 0.717) is 12.8 Å². The molecule has 1 fully saturated rings. The van der Waals surface area contributed by atoms with Crippen molar-refractivity contribution >= 4 is 29.8 Å². The quantitative estimate of drug-likeness (QED) is 0.0926. The summed E-state index contributed by atoms with van der Waals surface area (Å²) < 4.78 is 28.6. The minimum Gasteiger partial charge on any atom is -0.465 e. The first-order valence-corrected chi connectivity index (χ1v) is 14.6. The van der Waals surface area contributed by atoms with E-state index >= 15 is 0 Å². The molecule has 1 aromatic rings. The van der Waals surface area contributed by atoms with Crippen LogP contribution < -0.4 is 27.6 Å². The second-order valence-corrected chi connectivity index (χ2v) is 10.8. The van der Waals surface area contributed by atoms with Gasteiger partial charge in [0.05, 0.1) is 12.6 Å². The zero-order chi connectivity index (χ0) is 33.8. The van der Waals surface area contributed by atoms with Gasteiger partial charge in [-0.2, -0.15) is 0 Å². The van der Waals surface area contributed by atoms with Gasteiger partial charge in [0.15, 0.2) is 24.5 Å². The molecule has 17 heteroatoms. The van der Waals surface area contributed by atoms with Crippen LogP contribution in [-0.4, -0.2) is 95.5 Å². The van der Waals surface area contributed by atoms with Gasteiger partial charge in [-0.05, 0) is 32.2 Å². The molecule has 0 aromatic carbocycles. The van der Waals surface area contributed by atoms with E-state index in [2.05, 4.69) is 15.6 Å². The Morgan fingerprint density at radius 2 is 1.67 bits per heavy atom.